The Hall–Kier alpha value is -2.48. The highest BCUT2D eigenvalue weighted by atomic mass is 35.5. The van der Waals surface area contributed by atoms with Gasteiger partial charge < -0.3 is 15.2 Å². The Balaban J connectivity index is 0.00000225. The molecule has 0 unspecified atom stereocenters. The van der Waals surface area contributed by atoms with Gasteiger partial charge in [-0.2, -0.15) is 4.98 Å². The van der Waals surface area contributed by atoms with Crippen LogP contribution in [0.2, 0.25) is 0 Å². The lowest BCUT2D eigenvalue weighted by Gasteiger charge is -2.35. The minimum Gasteiger partial charge on any atom is -0.354 e. The zero-order chi connectivity index (χ0) is 18.5. The first-order valence-corrected chi connectivity index (χ1v) is 9.32. The fraction of sp³-hybridized carbons (Fsp3) is 0.350. The molecule has 1 aliphatic heterocycles. The van der Waals surface area contributed by atoms with Gasteiger partial charge in [0, 0.05) is 57.4 Å². The van der Waals surface area contributed by atoms with Crippen LogP contribution >= 0.6 is 12.4 Å². The molecule has 2 N–H and O–H groups in total. The summed E-state index contributed by atoms with van der Waals surface area (Å²) in [5.74, 6) is 2.37. The normalized spacial score (nSPS) is 14.7. The van der Waals surface area contributed by atoms with E-state index in [-0.39, 0.29) is 12.4 Å². The highest BCUT2D eigenvalue weighted by Crippen LogP contribution is 2.17. The third-order valence-electron chi connectivity index (χ3n) is 4.90. The maximum atomic E-state index is 5.63. The van der Waals surface area contributed by atoms with Crippen LogP contribution in [0.4, 0.5) is 5.82 Å². The lowest BCUT2D eigenvalue weighted by atomic mass is 10.1. The quantitative estimate of drug-likeness (QED) is 0.679. The number of piperazine rings is 1. The van der Waals surface area contributed by atoms with Gasteiger partial charge in [-0.1, -0.05) is 35.5 Å². The van der Waals surface area contributed by atoms with Crippen LogP contribution in [0.5, 0.6) is 0 Å². The van der Waals surface area contributed by atoms with E-state index < -0.39 is 0 Å². The van der Waals surface area contributed by atoms with Crippen molar-refractivity contribution in [2.24, 2.45) is 5.73 Å². The molecule has 148 valence electrons. The van der Waals surface area contributed by atoms with Crippen LogP contribution in [0.25, 0.3) is 11.4 Å². The summed E-state index contributed by atoms with van der Waals surface area (Å²) in [6, 6.07) is 14.0. The highest BCUT2D eigenvalue weighted by Gasteiger charge is 2.18. The van der Waals surface area contributed by atoms with E-state index in [1.54, 1.807) is 0 Å². The van der Waals surface area contributed by atoms with Crippen molar-refractivity contribution in [3.05, 3.63) is 60.1 Å². The predicted octanol–water partition coefficient (Wildman–Crippen LogP) is 2.38. The smallest absolute Gasteiger partial charge is 0.228 e. The summed E-state index contributed by atoms with van der Waals surface area (Å²) >= 11 is 0. The Labute approximate surface area is 171 Å². The number of anilines is 1. The summed E-state index contributed by atoms with van der Waals surface area (Å²) in [6.07, 6.45) is 2.61. The summed E-state index contributed by atoms with van der Waals surface area (Å²) in [7, 11) is 0. The molecule has 0 aliphatic carbocycles. The Bertz CT molecular complexity index is 847. The Morgan fingerprint density at radius 1 is 1.00 bits per heavy atom. The van der Waals surface area contributed by atoms with E-state index in [9.17, 15) is 0 Å². The average Bonchev–Trinajstić information content (AvgIpc) is 3.22. The maximum absolute atomic E-state index is 5.63. The number of nitrogens with two attached hydrogens (primary N) is 1. The molecule has 0 bridgehead atoms. The molecule has 0 atom stereocenters. The molecule has 8 heteroatoms. The van der Waals surface area contributed by atoms with E-state index in [4.69, 9.17) is 10.3 Å². The van der Waals surface area contributed by atoms with Gasteiger partial charge in [-0.15, -0.1) is 12.4 Å². The molecule has 1 aliphatic rings. The maximum Gasteiger partial charge on any atom is 0.228 e. The van der Waals surface area contributed by atoms with Gasteiger partial charge in [0.25, 0.3) is 0 Å². The van der Waals surface area contributed by atoms with Crippen LogP contribution in [0.1, 0.15) is 11.5 Å². The van der Waals surface area contributed by atoms with E-state index in [1.165, 1.54) is 0 Å². The molecule has 28 heavy (non-hydrogen) atoms. The van der Waals surface area contributed by atoms with Crippen LogP contribution in [0, 0.1) is 0 Å². The number of hydrogen-bond acceptors (Lipinski definition) is 7. The zero-order valence-corrected chi connectivity index (χ0v) is 16.5. The van der Waals surface area contributed by atoms with Crippen molar-refractivity contribution in [2.75, 3.05) is 37.6 Å². The van der Waals surface area contributed by atoms with Crippen molar-refractivity contribution in [3.8, 4) is 11.4 Å². The number of nitrogens with zero attached hydrogens (tertiary/aromatic N) is 5. The zero-order valence-electron chi connectivity index (χ0n) is 15.7. The first-order valence-electron chi connectivity index (χ1n) is 9.32. The summed E-state index contributed by atoms with van der Waals surface area (Å²) in [5, 5.41) is 4.11. The summed E-state index contributed by atoms with van der Waals surface area (Å²) < 4.78 is 5.42. The predicted molar refractivity (Wildman–Crippen MR) is 111 cm³/mol. The van der Waals surface area contributed by atoms with Crippen LogP contribution in [-0.4, -0.2) is 52.7 Å². The number of hydrogen-bond donors (Lipinski definition) is 1. The average molecular weight is 401 g/mol. The second-order valence-electron chi connectivity index (χ2n) is 6.68. The first kappa shape index (κ1) is 20.3. The van der Waals surface area contributed by atoms with Crippen molar-refractivity contribution >= 4 is 18.2 Å². The number of aromatic nitrogens is 3. The Kier molecular flexibility index (Phi) is 6.97. The molecule has 2 aromatic heterocycles. The molecular weight excluding hydrogens is 376 g/mol. The van der Waals surface area contributed by atoms with E-state index in [1.807, 2.05) is 42.6 Å². The largest absolute Gasteiger partial charge is 0.354 e. The fourth-order valence-electron chi connectivity index (χ4n) is 3.26. The fourth-order valence-corrected chi connectivity index (χ4v) is 3.26. The molecule has 3 aromatic rings. The molecule has 1 saturated heterocycles. The van der Waals surface area contributed by atoms with Crippen molar-refractivity contribution in [2.45, 2.75) is 13.0 Å². The third kappa shape index (κ3) is 4.86. The standard InChI is InChI=1S/C20H24N6O.ClH/c21-15-16-4-6-17(7-5-16)20-23-19(27-24-20)8-10-25-11-13-26(14-12-25)18-3-1-2-9-22-18;/h1-7,9H,8,10-15,21H2;1H. The SMILES string of the molecule is Cl.NCc1ccc(-c2noc(CCN3CCN(c4ccccn4)CC3)n2)cc1. The Morgan fingerprint density at radius 2 is 1.79 bits per heavy atom. The van der Waals surface area contributed by atoms with Gasteiger partial charge >= 0.3 is 0 Å². The lowest BCUT2D eigenvalue weighted by molar-refractivity contribution is 0.248. The molecule has 4 rings (SSSR count). The number of rotatable bonds is 6. The van der Waals surface area contributed by atoms with Gasteiger partial charge in [-0.3, -0.25) is 4.90 Å². The molecule has 0 radical (unpaired) electrons. The van der Waals surface area contributed by atoms with E-state index >= 15 is 0 Å². The van der Waals surface area contributed by atoms with Crippen LogP contribution in [0.15, 0.2) is 53.2 Å². The van der Waals surface area contributed by atoms with Gasteiger partial charge in [0.1, 0.15) is 5.82 Å². The van der Waals surface area contributed by atoms with Crippen LogP contribution < -0.4 is 10.6 Å². The molecule has 0 amide bonds. The van der Waals surface area contributed by atoms with Gasteiger partial charge in [-0.05, 0) is 17.7 Å². The van der Waals surface area contributed by atoms with Crippen molar-refractivity contribution in [1.29, 1.82) is 0 Å². The topological polar surface area (TPSA) is 84.3 Å². The van der Waals surface area contributed by atoms with Crippen molar-refractivity contribution in [3.63, 3.8) is 0 Å². The molecule has 0 spiro atoms. The van der Waals surface area contributed by atoms with E-state index in [0.717, 1.165) is 56.1 Å². The van der Waals surface area contributed by atoms with Crippen molar-refractivity contribution in [1.82, 2.24) is 20.0 Å². The van der Waals surface area contributed by atoms with Gasteiger partial charge in [0.2, 0.25) is 11.7 Å². The summed E-state index contributed by atoms with van der Waals surface area (Å²) in [5.41, 5.74) is 7.67. The molecule has 7 nitrogen and oxygen atoms in total. The molecule has 1 fully saturated rings. The molecule has 0 saturated carbocycles. The Morgan fingerprint density at radius 3 is 2.46 bits per heavy atom. The number of benzene rings is 1. The van der Waals surface area contributed by atoms with Gasteiger partial charge in [0.15, 0.2) is 0 Å². The van der Waals surface area contributed by atoms with Crippen LogP contribution in [0.3, 0.4) is 0 Å². The molecule has 3 heterocycles. The molecule has 1 aromatic carbocycles. The lowest BCUT2D eigenvalue weighted by Crippen LogP contribution is -2.47. The van der Waals surface area contributed by atoms with E-state index in [2.05, 4.69) is 31.0 Å². The summed E-state index contributed by atoms with van der Waals surface area (Å²) in [4.78, 5) is 13.7. The third-order valence-corrected chi connectivity index (χ3v) is 4.90. The van der Waals surface area contributed by atoms with Crippen molar-refractivity contribution < 1.29 is 4.52 Å². The molecular formula is C20H25ClN6O. The summed E-state index contributed by atoms with van der Waals surface area (Å²) in [6.45, 7) is 5.45. The highest BCUT2D eigenvalue weighted by molar-refractivity contribution is 5.85. The number of pyridine rings is 1. The van der Waals surface area contributed by atoms with Crippen LogP contribution in [-0.2, 0) is 13.0 Å². The van der Waals surface area contributed by atoms with Gasteiger partial charge in [0.05, 0.1) is 0 Å². The van der Waals surface area contributed by atoms with E-state index in [0.29, 0.717) is 18.3 Å². The second-order valence-corrected chi connectivity index (χ2v) is 6.68. The van der Waals surface area contributed by atoms with Gasteiger partial charge in [-0.25, -0.2) is 4.98 Å². The minimum absolute atomic E-state index is 0. The number of halogens is 1. The monoisotopic (exact) mass is 400 g/mol. The first-order chi connectivity index (χ1) is 13.3. The second kappa shape index (κ2) is 9.64. The minimum atomic E-state index is 0.